The van der Waals surface area contributed by atoms with Crippen LogP contribution in [0.4, 0.5) is 0 Å². The van der Waals surface area contributed by atoms with Gasteiger partial charge in [-0.2, -0.15) is 0 Å². The molecular formula is C22H24O4. The maximum atomic E-state index is 12.4. The first-order valence-electron chi connectivity index (χ1n) is 8.95. The predicted octanol–water partition coefficient (Wildman–Crippen LogP) is 3.50. The number of fused-ring (bicyclic) bond motifs is 1. The highest BCUT2D eigenvalue weighted by Crippen LogP contribution is 2.39. The average Bonchev–Trinajstić information content (AvgIpc) is 2.83. The van der Waals surface area contributed by atoms with Crippen LogP contribution in [0, 0.1) is 19.8 Å². The van der Waals surface area contributed by atoms with Gasteiger partial charge in [0.2, 0.25) is 0 Å². The first-order valence-corrected chi connectivity index (χ1v) is 8.95. The van der Waals surface area contributed by atoms with E-state index >= 15 is 0 Å². The molecule has 0 aliphatic heterocycles. The fourth-order valence-electron chi connectivity index (χ4n) is 3.72. The van der Waals surface area contributed by atoms with Crippen LogP contribution in [-0.4, -0.2) is 23.5 Å². The number of hydrogen-bond acceptors (Lipinski definition) is 4. The van der Waals surface area contributed by atoms with Crippen molar-refractivity contribution in [3.8, 4) is 0 Å². The molecule has 136 valence electrons. The quantitative estimate of drug-likeness (QED) is 0.837. The highest BCUT2D eigenvalue weighted by molar-refractivity contribution is 6.04. The van der Waals surface area contributed by atoms with Crippen LogP contribution in [0.25, 0.3) is 0 Å². The van der Waals surface area contributed by atoms with E-state index in [1.165, 1.54) is 0 Å². The van der Waals surface area contributed by atoms with Crippen molar-refractivity contribution in [1.29, 1.82) is 0 Å². The van der Waals surface area contributed by atoms with Crippen molar-refractivity contribution in [2.24, 2.45) is 5.92 Å². The first kappa shape index (κ1) is 18.3. The molecule has 3 rings (SSSR count). The van der Waals surface area contributed by atoms with Gasteiger partial charge in [-0.3, -0.25) is 9.59 Å². The normalized spacial score (nSPS) is 18.7. The molecule has 0 amide bonds. The number of ether oxygens (including phenoxy) is 1. The van der Waals surface area contributed by atoms with Crippen LogP contribution in [0.15, 0.2) is 36.4 Å². The third kappa shape index (κ3) is 3.42. The molecule has 0 aromatic heterocycles. The Hall–Kier alpha value is -2.46. The number of hydrogen-bond donors (Lipinski definition) is 1. The van der Waals surface area contributed by atoms with Gasteiger partial charge >= 0.3 is 5.97 Å². The number of aliphatic hydroxyl groups excluding tert-OH is 1. The molecule has 0 fully saturated rings. The SMILES string of the molecule is Cc1cc2c(c(C)c1CCOC(=O)Cc1ccccc1)C(=O)C(C)C2O. The van der Waals surface area contributed by atoms with Gasteiger partial charge in [0, 0.05) is 17.9 Å². The molecule has 26 heavy (non-hydrogen) atoms. The standard InChI is InChI=1S/C22H24O4/c1-13-11-18-20(22(25)15(3)21(18)24)14(2)17(13)9-10-26-19(23)12-16-7-5-4-6-8-16/h4-8,11,15,21,24H,9-10,12H2,1-3H3. The number of benzene rings is 2. The summed E-state index contributed by atoms with van der Waals surface area (Å²) in [4.78, 5) is 24.4. The summed E-state index contributed by atoms with van der Waals surface area (Å²) in [5.41, 5.74) is 5.22. The topological polar surface area (TPSA) is 63.6 Å². The summed E-state index contributed by atoms with van der Waals surface area (Å²) in [6, 6.07) is 11.4. The van der Waals surface area contributed by atoms with Crippen molar-refractivity contribution in [3.63, 3.8) is 0 Å². The molecular weight excluding hydrogens is 328 g/mol. The van der Waals surface area contributed by atoms with E-state index < -0.39 is 12.0 Å². The zero-order chi connectivity index (χ0) is 18.8. The van der Waals surface area contributed by atoms with E-state index in [-0.39, 0.29) is 24.8 Å². The van der Waals surface area contributed by atoms with Gasteiger partial charge in [0.15, 0.2) is 5.78 Å². The Balaban J connectivity index is 1.68. The third-order valence-electron chi connectivity index (χ3n) is 5.22. The molecule has 0 saturated heterocycles. The lowest BCUT2D eigenvalue weighted by Gasteiger charge is -2.15. The van der Waals surface area contributed by atoms with E-state index in [0.29, 0.717) is 12.0 Å². The van der Waals surface area contributed by atoms with Crippen molar-refractivity contribution < 1.29 is 19.4 Å². The lowest BCUT2D eigenvalue weighted by Crippen LogP contribution is -2.12. The highest BCUT2D eigenvalue weighted by atomic mass is 16.5. The number of aliphatic hydroxyl groups is 1. The smallest absolute Gasteiger partial charge is 0.310 e. The Labute approximate surface area is 153 Å². The van der Waals surface area contributed by atoms with Crippen LogP contribution in [-0.2, 0) is 22.4 Å². The summed E-state index contributed by atoms with van der Waals surface area (Å²) in [5, 5.41) is 10.3. The summed E-state index contributed by atoms with van der Waals surface area (Å²) in [5.74, 6) is -0.665. The van der Waals surface area contributed by atoms with Crippen LogP contribution in [0.3, 0.4) is 0 Å². The van der Waals surface area contributed by atoms with Crippen molar-refractivity contribution in [3.05, 3.63) is 69.8 Å². The molecule has 2 aromatic carbocycles. The second-order valence-corrected chi connectivity index (χ2v) is 6.99. The number of rotatable bonds is 5. The minimum Gasteiger partial charge on any atom is -0.465 e. The van der Waals surface area contributed by atoms with Crippen LogP contribution < -0.4 is 0 Å². The first-order chi connectivity index (χ1) is 12.4. The monoisotopic (exact) mass is 352 g/mol. The molecule has 0 bridgehead atoms. The number of esters is 1. The van der Waals surface area contributed by atoms with E-state index in [2.05, 4.69) is 0 Å². The van der Waals surface area contributed by atoms with E-state index in [0.717, 1.165) is 27.8 Å². The van der Waals surface area contributed by atoms with Gasteiger partial charge < -0.3 is 9.84 Å². The number of ketones is 1. The predicted molar refractivity (Wildman–Crippen MR) is 99.2 cm³/mol. The van der Waals surface area contributed by atoms with Crippen molar-refractivity contribution in [2.75, 3.05) is 6.61 Å². The number of carbonyl (C=O) groups excluding carboxylic acids is 2. The van der Waals surface area contributed by atoms with Gasteiger partial charge in [-0.05, 0) is 41.7 Å². The molecule has 2 atom stereocenters. The molecule has 2 unspecified atom stereocenters. The zero-order valence-corrected chi connectivity index (χ0v) is 15.4. The van der Waals surface area contributed by atoms with Gasteiger partial charge in [-0.15, -0.1) is 0 Å². The lowest BCUT2D eigenvalue weighted by atomic mass is 9.92. The molecule has 4 nitrogen and oxygen atoms in total. The van der Waals surface area contributed by atoms with Crippen molar-refractivity contribution >= 4 is 11.8 Å². The Morgan fingerprint density at radius 2 is 1.88 bits per heavy atom. The van der Waals surface area contributed by atoms with Crippen LogP contribution in [0.5, 0.6) is 0 Å². The number of aryl methyl sites for hydroxylation is 1. The molecule has 0 radical (unpaired) electrons. The van der Waals surface area contributed by atoms with Gasteiger partial charge in [0.1, 0.15) is 0 Å². The van der Waals surface area contributed by atoms with Crippen LogP contribution in [0.1, 0.15) is 51.2 Å². The second-order valence-electron chi connectivity index (χ2n) is 6.99. The third-order valence-corrected chi connectivity index (χ3v) is 5.22. The molecule has 1 aliphatic rings. The minimum atomic E-state index is -0.729. The van der Waals surface area contributed by atoms with E-state index in [1.54, 1.807) is 6.92 Å². The molecule has 1 N–H and O–H groups in total. The summed E-state index contributed by atoms with van der Waals surface area (Å²) < 4.78 is 5.38. The summed E-state index contributed by atoms with van der Waals surface area (Å²) in [6.45, 7) is 5.91. The van der Waals surface area contributed by atoms with Crippen molar-refractivity contribution in [1.82, 2.24) is 0 Å². The Morgan fingerprint density at radius 3 is 2.58 bits per heavy atom. The van der Waals surface area contributed by atoms with Gasteiger partial charge in [0.25, 0.3) is 0 Å². The maximum Gasteiger partial charge on any atom is 0.310 e. The van der Waals surface area contributed by atoms with Gasteiger partial charge in [-0.1, -0.05) is 43.3 Å². The maximum absolute atomic E-state index is 12.4. The fraction of sp³-hybridized carbons (Fsp3) is 0.364. The highest BCUT2D eigenvalue weighted by Gasteiger charge is 2.37. The van der Waals surface area contributed by atoms with E-state index in [4.69, 9.17) is 4.74 Å². The molecule has 0 saturated carbocycles. The Kier molecular flexibility index (Phi) is 5.23. The summed E-state index contributed by atoms with van der Waals surface area (Å²) in [6.07, 6.45) is 0.0849. The Bertz CT molecular complexity index is 839. The minimum absolute atomic E-state index is 0.00711. The Morgan fingerprint density at radius 1 is 1.19 bits per heavy atom. The number of carbonyl (C=O) groups is 2. The van der Waals surface area contributed by atoms with Crippen LogP contribution in [0.2, 0.25) is 0 Å². The van der Waals surface area contributed by atoms with E-state index in [1.807, 2.05) is 50.2 Å². The molecule has 0 heterocycles. The van der Waals surface area contributed by atoms with Gasteiger partial charge in [-0.25, -0.2) is 0 Å². The molecule has 4 heteroatoms. The van der Waals surface area contributed by atoms with E-state index in [9.17, 15) is 14.7 Å². The average molecular weight is 352 g/mol. The largest absolute Gasteiger partial charge is 0.465 e. The molecule has 0 spiro atoms. The molecule has 2 aromatic rings. The summed E-state index contributed by atoms with van der Waals surface area (Å²) >= 11 is 0. The zero-order valence-electron chi connectivity index (χ0n) is 15.4. The second kappa shape index (κ2) is 7.42. The number of Topliss-reactive ketones (excluding diaryl/α,β-unsaturated/α-hetero) is 1. The van der Waals surface area contributed by atoms with Crippen molar-refractivity contribution in [2.45, 2.75) is 39.7 Å². The van der Waals surface area contributed by atoms with Crippen LogP contribution >= 0.6 is 0 Å². The molecule has 1 aliphatic carbocycles. The van der Waals surface area contributed by atoms with Gasteiger partial charge in [0.05, 0.1) is 19.1 Å². The fourth-order valence-corrected chi connectivity index (χ4v) is 3.72. The lowest BCUT2D eigenvalue weighted by molar-refractivity contribution is -0.142. The summed E-state index contributed by atoms with van der Waals surface area (Å²) in [7, 11) is 0.